The van der Waals surface area contributed by atoms with E-state index in [4.69, 9.17) is 9.47 Å². The SMILES string of the molecule is COc1ccc2c(=NC#N)c3cc4c(cc3c2c1)c(=NC#N)c1ccc(OC)cc14. The van der Waals surface area contributed by atoms with Gasteiger partial charge in [0, 0.05) is 21.5 Å². The zero-order valence-electron chi connectivity index (χ0n) is 16.2. The third kappa shape index (κ3) is 2.35. The molecule has 0 radical (unpaired) electrons. The van der Waals surface area contributed by atoms with E-state index >= 15 is 0 Å². The predicted octanol–water partition coefficient (Wildman–Crippen LogP) is 3.96. The summed E-state index contributed by atoms with van der Waals surface area (Å²) in [5.41, 5.74) is 0. The van der Waals surface area contributed by atoms with E-state index in [0.29, 0.717) is 10.7 Å². The maximum absolute atomic E-state index is 9.28. The fraction of sp³-hybridized carbons (Fsp3) is 0.0833. The average Bonchev–Trinajstić information content (AvgIpc) is 3.25. The molecule has 5 rings (SSSR count). The number of benzene rings is 3. The molecule has 0 saturated heterocycles. The van der Waals surface area contributed by atoms with Crippen LogP contribution in [-0.2, 0) is 0 Å². The summed E-state index contributed by atoms with van der Waals surface area (Å²) < 4.78 is 10.8. The summed E-state index contributed by atoms with van der Waals surface area (Å²) in [6.45, 7) is 0. The Morgan fingerprint density at radius 3 is 1.33 bits per heavy atom. The van der Waals surface area contributed by atoms with Crippen molar-refractivity contribution in [2.75, 3.05) is 14.2 Å². The maximum atomic E-state index is 9.28. The van der Waals surface area contributed by atoms with Crippen LogP contribution < -0.4 is 20.2 Å². The van der Waals surface area contributed by atoms with E-state index in [1.807, 2.05) is 60.9 Å². The molecule has 0 spiro atoms. The van der Waals surface area contributed by atoms with Gasteiger partial charge in [0.15, 0.2) is 0 Å². The van der Waals surface area contributed by atoms with Crippen LogP contribution >= 0.6 is 0 Å². The molecular weight excluding hydrogens is 376 g/mol. The van der Waals surface area contributed by atoms with Gasteiger partial charge < -0.3 is 9.47 Å². The zero-order chi connectivity index (χ0) is 20.8. The number of nitrogens with zero attached hydrogens (tertiary/aromatic N) is 4. The van der Waals surface area contributed by atoms with Gasteiger partial charge in [-0.25, -0.2) is 0 Å². The lowest BCUT2D eigenvalue weighted by molar-refractivity contribution is 0.415. The molecule has 0 aromatic heterocycles. The number of hydrogen-bond acceptors (Lipinski definition) is 6. The first-order chi connectivity index (χ1) is 14.7. The van der Waals surface area contributed by atoms with E-state index in [2.05, 4.69) is 9.98 Å². The van der Waals surface area contributed by atoms with Crippen LogP contribution in [0.5, 0.6) is 11.5 Å². The molecule has 0 unspecified atom stereocenters. The summed E-state index contributed by atoms with van der Waals surface area (Å²) in [5, 5.41) is 27.0. The van der Waals surface area contributed by atoms with Gasteiger partial charge in [0.1, 0.15) is 11.5 Å². The number of methoxy groups -OCH3 is 2. The quantitative estimate of drug-likeness (QED) is 0.427. The monoisotopic (exact) mass is 390 g/mol. The van der Waals surface area contributed by atoms with Gasteiger partial charge in [0.05, 0.1) is 24.9 Å². The van der Waals surface area contributed by atoms with Crippen LogP contribution in [0.25, 0.3) is 43.1 Å². The van der Waals surface area contributed by atoms with E-state index < -0.39 is 0 Å². The Morgan fingerprint density at radius 1 is 0.567 bits per heavy atom. The van der Waals surface area contributed by atoms with Gasteiger partial charge in [-0.1, -0.05) is 0 Å². The first-order valence-electron chi connectivity index (χ1n) is 9.20. The highest BCUT2D eigenvalue weighted by Crippen LogP contribution is 2.34. The summed E-state index contributed by atoms with van der Waals surface area (Å²) in [7, 11) is 3.23. The molecule has 5 aromatic carbocycles. The standard InChI is InChI=1S/C24H14N4O2/c1-29-13-3-5-15-17(7-13)19-9-22-20(10-21(19)23(15)27-11-25)18-8-14(30-2)4-6-16(18)24(22)28-12-26/h3-10H,1-2H3. The minimum absolute atomic E-state index is 0.628. The molecule has 0 N–H and O–H groups in total. The second kappa shape index (κ2) is 6.58. The minimum atomic E-state index is 0.628. The number of nitriles is 2. The normalized spacial score (nSPS) is 12.7. The third-order valence-electron chi connectivity index (χ3n) is 5.54. The zero-order valence-corrected chi connectivity index (χ0v) is 16.2. The van der Waals surface area contributed by atoms with E-state index in [9.17, 15) is 10.5 Å². The summed E-state index contributed by atoms with van der Waals surface area (Å²) in [6, 6.07) is 15.5. The molecule has 0 bridgehead atoms. The smallest absolute Gasteiger partial charge is 0.206 e. The lowest BCUT2D eigenvalue weighted by Gasteiger charge is -2.00. The Morgan fingerprint density at radius 2 is 0.967 bits per heavy atom. The van der Waals surface area contributed by atoms with Crippen molar-refractivity contribution in [3.05, 3.63) is 59.2 Å². The Hall–Kier alpha value is -4.42. The Kier molecular flexibility index (Phi) is 3.87. The lowest BCUT2D eigenvalue weighted by Crippen LogP contribution is -1.99. The van der Waals surface area contributed by atoms with Gasteiger partial charge in [-0.3, -0.25) is 0 Å². The van der Waals surface area contributed by atoms with Crippen molar-refractivity contribution in [1.82, 2.24) is 0 Å². The molecule has 0 atom stereocenters. The van der Waals surface area contributed by atoms with Crippen LogP contribution in [0.3, 0.4) is 0 Å². The van der Waals surface area contributed by atoms with Gasteiger partial charge in [-0.05, 0) is 70.1 Å². The summed E-state index contributed by atoms with van der Waals surface area (Å²) >= 11 is 0. The van der Waals surface area contributed by atoms with Crippen molar-refractivity contribution in [1.29, 1.82) is 10.5 Å². The molecule has 5 aromatic rings. The lowest BCUT2D eigenvalue weighted by atomic mass is 10.1. The van der Waals surface area contributed by atoms with E-state index in [1.54, 1.807) is 14.2 Å². The number of ether oxygens (including phenoxy) is 2. The minimum Gasteiger partial charge on any atom is -0.497 e. The number of hydrogen-bond donors (Lipinski definition) is 0. The van der Waals surface area contributed by atoms with Crippen molar-refractivity contribution in [3.8, 4) is 23.9 Å². The second-order valence-electron chi connectivity index (χ2n) is 6.89. The second-order valence-corrected chi connectivity index (χ2v) is 6.89. The summed E-state index contributed by atoms with van der Waals surface area (Å²) in [6.07, 6.45) is 3.85. The fourth-order valence-corrected chi connectivity index (χ4v) is 4.23. The highest BCUT2D eigenvalue weighted by molar-refractivity contribution is 6.21. The van der Waals surface area contributed by atoms with Crippen molar-refractivity contribution >= 4 is 43.1 Å². The first kappa shape index (κ1) is 17.7. The topological polar surface area (TPSA) is 90.8 Å². The van der Waals surface area contributed by atoms with Gasteiger partial charge >= 0.3 is 0 Å². The van der Waals surface area contributed by atoms with Crippen LogP contribution in [0.4, 0.5) is 0 Å². The van der Waals surface area contributed by atoms with Crippen molar-refractivity contribution in [2.24, 2.45) is 9.98 Å². The molecule has 0 saturated carbocycles. The molecule has 0 aliphatic rings. The molecule has 0 aliphatic heterocycles. The Bertz CT molecular complexity index is 1560. The van der Waals surface area contributed by atoms with Gasteiger partial charge in [0.25, 0.3) is 0 Å². The Balaban J connectivity index is 2.08. The summed E-state index contributed by atoms with van der Waals surface area (Å²) in [5.74, 6) is 1.44. The van der Waals surface area contributed by atoms with Gasteiger partial charge in [-0.2, -0.15) is 20.5 Å². The Labute approximate surface area is 170 Å². The third-order valence-corrected chi connectivity index (χ3v) is 5.54. The van der Waals surface area contributed by atoms with Crippen LogP contribution in [-0.4, -0.2) is 14.2 Å². The fourth-order valence-electron chi connectivity index (χ4n) is 4.23. The summed E-state index contributed by atoms with van der Waals surface area (Å²) in [4.78, 5) is 8.21. The van der Waals surface area contributed by atoms with E-state index in [0.717, 1.165) is 54.6 Å². The predicted molar refractivity (Wildman–Crippen MR) is 114 cm³/mol. The van der Waals surface area contributed by atoms with E-state index in [-0.39, 0.29) is 0 Å². The molecular formula is C24H14N4O2. The molecule has 142 valence electrons. The molecule has 30 heavy (non-hydrogen) atoms. The molecule has 6 nitrogen and oxygen atoms in total. The van der Waals surface area contributed by atoms with Crippen molar-refractivity contribution in [3.63, 3.8) is 0 Å². The van der Waals surface area contributed by atoms with Crippen LogP contribution in [0.2, 0.25) is 0 Å². The van der Waals surface area contributed by atoms with Gasteiger partial charge in [0.2, 0.25) is 12.4 Å². The van der Waals surface area contributed by atoms with Crippen LogP contribution in [0.1, 0.15) is 0 Å². The molecule has 0 heterocycles. The molecule has 0 fully saturated rings. The van der Waals surface area contributed by atoms with Gasteiger partial charge in [-0.15, -0.1) is 0 Å². The van der Waals surface area contributed by atoms with Crippen molar-refractivity contribution < 1.29 is 9.47 Å². The average molecular weight is 390 g/mol. The highest BCUT2D eigenvalue weighted by Gasteiger charge is 2.16. The number of rotatable bonds is 2. The first-order valence-corrected chi connectivity index (χ1v) is 9.20. The van der Waals surface area contributed by atoms with Crippen LogP contribution in [0, 0.1) is 22.9 Å². The largest absolute Gasteiger partial charge is 0.497 e. The van der Waals surface area contributed by atoms with E-state index in [1.165, 1.54) is 0 Å². The van der Waals surface area contributed by atoms with Crippen molar-refractivity contribution in [2.45, 2.75) is 0 Å². The maximum Gasteiger partial charge on any atom is 0.206 e. The van der Waals surface area contributed by atoms with Crippen LogP contribution in [0.15, 0.2) is 58.5 Å². The molecule has 6 heteroatoms. The molecule has 0 amide bonds. The molecule has 0 aliphatic carbocycles. The number of fused-ring (bicyclic) bond motifs is 6. The highest BCUT2D eigenvalue weighted by atomic mass is 16.5.